The van der Waals surface area contributed by atoms with Gasteiger partial charge in [-0.15, -0.1) is 0 Å². The van der Waals surface area contributed by atoms with Gasteiger partial charge >= 0.3 is 0 Å². The number of rotatable bonds is 8. The summed E-state index contributed by atoms with van der Waals surface area (Å²) in [5.41, 5.74) is 0.364. The molecule has 0 saturated heterocycles. The molecule has 2 N–H and O–H groups in total. The van der Waals surface area contributed by atoms with Gasteiger partial charge in [0.2, 0.25) is 14.1 Å². The van der Waals surface area contributed by atoms with Gasteiger partial charge in [-0.3, -0.25) is 4.21 Å². The van der Waals surface area contributed by atoms with Crippen molar-refractivity contribution in [2.45, 2.75) is 30.9 Å². The van der Waals surface area contributed by atoms with E-state index >= 15 is 0 Å². The number of hydrogen-bond donors (Lipinski definition) is 2. The average molecular weight is 516 g/mol. The zero-order valence-corrected chi connectivity index (χ0v) is 19.8. The second-order valence-electron chi connectivity index (χ2n) is 6.67. The van der Waals surface area contributed by atoms with E-state index in [1.807, 2.05) is 19.6 Å². The molecule has 0 saturated carbocycles. The van der Waals surface area contributed by atoms with Gasteiger partial charge < -0.3 is 18.5 Å². The van der Waals surface area contributed by atoms with E-state index in [-0.39, 0.29) is 23.8 Å². The standard InChI is InChI=1S/C16H20BrCl2NO5SSi/c1-27(2,3)25-16-13(21)15(12-10(18)5-4-6-11(12)19)24-14(16)9(17)7-8-20-26(22)23/h4-6,9,20-21H,7-8H2,1-3H3,(H,22,23)/p-1. The first-order valence-electron chi connectivity index (χ1n) is 7.97. The van der Waals surface area contributed by atoms with E-state index < -0.39 is 24.4 Å². The van der Waals surface area contributed by atoms with Crippen LogP contribution >= 0.6 is 39.1 Å². The maximum atomic E-state index is 10.8. The molecule has 2 unspecified atom stereocenters. The first kappa shape index (κ1) is 22.7. The molecule has 0 amide bonds. The summed E-state index contributed by atoms with van der Waals surface area (Å²) in [6.45, 7) is 6.09. The van der Waals surface area contributed by atoms with Gasteiger partial charge in [0, 0.05) is 17.8 Å². The van der Waals surface area contributed by atoms with Crippen LogP contribution in [0.1, 0.15) is 17.0 Å². The van der Waals surface area contributed by atoms with Gasteiger partial charge in [0.1, 0.15) is 0 Å². The third-order valence-electron chi connectivity index (χ3n) is 3.37. The Labute approximate surface area is 179 Å². The Bertz CT molecular complexity index is 823. The number of hydrogen-bond acceptors (Lipinski definition) is 5. The van der Waals surface area contributed by atoms with E-state index in [9.17, 15) is 13.9 Å². The summed E-state index contributed by atoms with van der Waals surface area (Å²) < 4.78 is 35.5. The minimum Gasteiger partial charge on any atom is -0.760 e. The normalized spacial score (nSPS) is 14.2. The summed E-state index contributed by atoms with van der Waals surface area (Å²) in [4.78, 5) is -0.402. The molecule has 2 rings (SSSR count). The summed E-state index contributed by atoms with van der Waals surface area (Å²) in [5, 5.41) is 11.4. The van der Waals surface area contributed by atoms with Crippen LogP contribution in [-0.2, 0) is 11.3 Å². The van der Waals surface area contributed by atoms with Gasteiger partial charge in [0.15, 0.2) is 17.3 Å². The molecule has 11 heteroatoms. The first-order valence-corrected chi connectivity index (χ1v) is 14.1. The fourth-order valence-electron chi connectivity index (χ4n) is 2.32. The maximum absolute atomic E-state index is 10.8. The second kappa shape index (κ2) is 9.30. The molecule has 0 radical (unpaired) electrons. The van der Waals surface area contributed by atoms with Crippen molar-refractivity contribution in [3.63, 3.8) is 0 Å². The Hall–Kier alpha value is -0.553. The highest BCUT2D eigenvalue weighted by atomic mass is 79.9. The van der Waals surface area contributed by atoms with Crippen LogP contribution < -0.4 is 9.15 Å². The molecule has 6 nitrogen and oxygen atoms in total. The van der Waals surface area contributed by atoms with E-state index in [1.54, 1.807) is 18.2 Å². The molecule has 1 aromatic heterocycles. The van der Waals surface area contributed by atoms with Crippen LogP contribution in [0.4, 0.5) is 0 Å². The molecule has 150 valence electrons. The lowest BCUT2D eigenvalue weighted by Gasteiger charge is -2.20. The number of alkyl halides is 1. The van der Waals surface area contributed by atoms with Crippen LogP contribution in [0.5, 0.6) is 11.5 Å². The van der Waals surface area contributed by atoms with Gasteiger partial charge in [-0.1, -0.05) is 45.2 Å². The first-order chi connectivity index (χ1) is 12.5. The van der Waals surface area contributed by atoms with Crippen LogP contribution in [-0.4, -0.2) is 28.7 Å². The third kappa shape index (κ3) is 5.96. The molecule has 0 aliphatic rings. The molecule has 0 bridgehead atoms. The quantitative estimate of drug-likeness (QED) is 0.279. The Kier molecular flexibility index (Phi) is 7.83. The van der Waals surface area contributed by atoms with Crippen LogP contribution in [0.15, 0.2) is 22.6 Å². The summed E-state index contributed by atoms with van der Waals surface area (Å²) in [5.74, 6) is 0.482. The lowest BCUT2D eigenvalue weighted by molar-refractivity contribution is 0.438. The molecule has 2 atom stereocenters. The van der Waals surface area contributed by atoms with Crippen molar-refractivity contribution < 1.29 is 22.7 Å². The Morgan fingerprint density at radius 1 is 1.37 bits per heavy atom. The van der Waals surface area contributed by atoms with Gasteiger partial charge in [-0.2, -0.15) is 0 Å². The van der Waals surface area contributed by atoms with Crippen LogP contribution in [0.2, 0.25) is 29.7 Å². The zero-order valence-electron chi connectivity index (χ0n) is 14.8. The average Bonchev–Trinajstić information content (AvgIpc) is 2.82. The minimum absolute atomic E-state index is 0.110. The molecule has 27 heavy (non-hydrogen) atoms. The molecule has 0 aliphatic carbocycles. The van der Waals surface area contributed by atoms with E-state index in [4.69, 9.17) is 32.0 Å². The van der Waals surface area contributed by atoms with Crippen molar-refractivity contribution in [1.82, 2.24) is 4.72 Å². The predicted octanol–water partition coefficient (Wildman–Crippen LogP) is 5.38. The molecule has 1 aromatic carbocycles. The molecule has 0 fully saturated rings. The van der Waals surface area contributed by atoms with Crippen molar-refractivity contribution in [1.29, 1.82) is 0 Å². The SMILES string of the molecule is C[Si](C)(C)Oc1c(C(Br)CCNS(=O)[O-])oc(-c2c(Cl)cccc2Cl)c1O. The zero-order chi connectivity index (χ0) is 20.4. The smallest absolute Gasteiger partial charge is 0.242 e. The highest BCUT2D eigenvalue weighted by molar-refractivity contribution is 9.09. The van der Waals surface area contributed by atoms with E-state index in [0.717, 1.165) is 0 Å². The molecule has 0 aliphatic heterocycles. The Balaban J connectivity index is 2.50. The second-order valence-corrected chi connectivity index (χ2v) is 13.8. The summed E-state index contributed by atoms with van der Waals surface area (Å²) in [6.07, 6.45) is 0.374. The number of aromatic hydroxyl groups is 1. The van der Waals surface area contributed by atoms with E-state index in [2.05, 4.69) is 20.7 Å². The molecular formula is C16H19BrCl2NO5SSi-. The highest BCUT2D eigenvalue weighted by Crippen LogP contribution is 2.51. The largest absolute Gasteiger partial charge is 0.760 e. The molecule has 0 spiro atoms. The van der Waals surface area contributed by atoms with Crippen LogP contribution in [0.3, 0.4) is 0 Å². The number of halogens is 3. The summed E-state index contributed by atoms with van der Waals surface area (Å²) >= 11 is 13.6. The predicted molar refractivity (Wildman–Crippen MR) is 113 cm³/mol. The van der Waals surface area contributed by atoms with Crippen molar-refractivity contribution in [2.24, 2.45) is 0 Å². The van der Waals surface area contributed by atoms with Crippen LogP contribution in [0, 0.1) is 0 Å². The lowest BCUT2D eigenvalue weighted by atomic mass is 10.1. The van der Waals surface area contributed by atoms with Gasteiger partial charge in [-0.25, -0.2) is 4.72 Å². The Morgan fingerprint density at radius 2 is 1.96 bits per heavy atom. The maximum Gasteiger partial charge on any atom is 0.242 e. The van der Waals surface area contributed by atoms with E-state index in [0.29, 0.717) is 27.8 Å². The third-order valence-corrected chi connectivity index (χ3v) is 6.13. The summed E-state index contributed by atoms with van der Waals surface area (Å²) in [7, 11) is -2.09. The van der Waals surface area contributed by atoms with Crippen LogP contribution in [0.25, 0.3) is 11.3 Å². The highest BCUT2D eigenvalue weighted by Gasteiger charge is 2.32. The fraction of sp³-hybridized carbons (Fsp3) is 0.375. The van der Waals surface area contributed by atoms with E-state index in [1.165, 1.54) is 0 Å². The van der Waals surface area contributed by atoms with Crippen molar-refractivity contribution in [3.05, 3.63) is 34.0 Å². The van der Waals surface area contributed by atoms with Crippen molar-refractivity contribution in [3.8, 4) is 22.8 Å². The van der Waals surface area contributed by atoms with Gasteiger partial charge in [0.05, 0.1) is 20.4 Å². The molecule has 2 aromatic rings. The summed E-state index contributed by atoms with van der Waals surface area (Å²) in [6, 6.07) is 4.97. The monoisotopic (exact) mass is 514 g/mol. The topological polar surface area (TPSA) is 94.8 Å². The molecule has 1 heterocycles. The van der Waals surface area contributed by atoms with Gasteiger partial charge in [-0.05, 0) is 38.2 Å². The minimum atomic E-state index is -2.35. The number of benzene rings is 1. The fourth-order valence-corrected chi connectivity index (χ4v) is 4.51. The molecular weight excluding hydrogens is 497 g/mol. The number of nitrogens with one attached hydrogen (secondary N) is 1. The van der Waals surface area contributed by atoms with Gasteiger partial charge in [0.25, 0.3) is 0 Å². The van der Waals surface area contributed by atoms with Crippen molar-refractivity contribution in [2.75, 3.05) is 6.54 Å². The lowest BCUT2D eigenvalue weighted by Crippen LogP contribution is -2.29. The number of furan rings is 1. The Morgan fingerprint density at radius 3 is 2.48 bits per heavy atom. The van der Waals surface area contributed by atoms with Crippen molar-refractivity contribution >= 4 is 58.7 Å².